The molecule has 0 radical (unpaired) electrons. The van der Waals surface area contributed by atoms with Gasteiger partial charge in [-0.15, -0.1) is 0 Å². The molecule has 2 aromatic rings. The first-order chi connectivity index (χ1) is 19.2. The smallest absolute Gasteiger partial charge is 0.237 e. The Morgan fingerprint density at radius 2 is 1.76 bits per heavy atom. The number of hydrogen-bond donors (Lipinski definition) is 5. The molecule has 0 unspecified atom stereocenters. The average molecular weight is 612 g/mol. The topological polar surface area (TPSA) is 114 Å². The summed E-state index contributed by atoms with van der Waals surface area (Å²) in [6.07, 6.45) is -1.24. The van der Waals surface area contributed by atoms with Gasteiger partial charge in [0.15, 0.2) is 0 Å². The monoisotopic (exact) mass is 610 g/mol. The summed E-state index contributed by atoms with van der Waals surface area (Å²) in [5, 5.41) is 28.5. The molecule has 8 nitrogen and oxygen atoms in total. The summed E-state index contributed by atoms with van der Waals surface area (Å²) in [6, 6.07) is 5.14. The number of rotatable bonds is 6. The van der Waals surface area contributed by atoms with E-state index < -0.39 is 59.1 Å². The lowest BCUT2D eigenvalue weighted by Crippen LogP contribution is -2.49. The highest BCUT2D eigenvalue weighted by Crippen LogP contribution is 2.57. The molecule has 0 aliphatic carbocycles. The Labute approximate surface area is 247 Å². The minimum Gasteiger partial charge on any atom is -0.389 e. The van der Waals surface area contributed by atoms with Crippen LogP contribution in [0.5, 0.6) is 0 Å². The zero-order valence-electron chi connectivity index (χ0n) is 23.0. The van der Waals surface area contributed by atoms with E-state index in [2.05, 4.69) is 16.0 Å². The number of aliphatic hydroxyl groups excluding tert-OH is 2. The van der Waals surface area contributed by atoms with Crippen molar-refractivity contribution in [3.8, 4) is 0 Å². The predicted octanol–water partition coefficient (Wildman–Crippen LogP) is 3.18. The Balaban J connectivity index is 1.58. The largest absolute Gasteiger partial charge is 0.389 e. The molecule has 3 aliphatic rings. The van der Waals surface area contributed by atoms with E-state index in [1.165, 1.54) is 30.3 Å². The van der Waals surface area contributed by atoms with E-state index in [4.69, 9.17) is 23.2 Å². The molecule has 41 heavy (non-hydrogen) atoms. The van der Waals surface area contributed by atoms with E-state index in [0.717, 1.165) is 0 Å². The van der Waals surface area contributed by atoms with Gasteiger partial charge >= 0.3 is 0 Å². The number of amides is 2. The summed E-state index contributed by atoms with van der Waals surface area (Å²) in [5.41, 5.74) is -0.573. The Morgan fingerprint density at radius 3 is 2.39 bits per heavy atom. The number of anilines is 1. The first-order valence-electron chi connectivity index (χ1n) is 13.6. The molecule has 1 spiro atoms. The molecule has 0 saturated carbocycles. The highest BCUT2D eigenvalue weighted by atomic mass is 35.5. The zero-order chi connectivity index (χ0) is 29.9. The molecule has 2 aromatic carbocycles. The highest BCUT2D eigenvalue weighted by Gasteiger charge is 2.66. The van der Waals surface area contributed by atoms with Gasteiger partial charge in [0.05, 0.1) is 28.3 Å². The van der Waals surface area contributed by atoms with E-state index in [0.29, 0.717) is 29.8 Å². The van der Waals surface area contributed by atoms with Crippen molar-refractivity contribution in [2.45, 2.75) is 62.8 Å². The van der Waals surface area contributed by atoms with Gasteiger partial charge in [0.2, 0.25) is 11.8 Å². The summed E-state index contributed by atoms with van der Waals surface area (Å²) < 4.78 is 29.3. The third-order valence-corrected chi connectivity index (χ3v) is 8.93. The van der Waals surface area contributed by atoms with Crippen LogP contribution < -0.4 is 16.0 Å². The van der Waals surface area contributed by atoms with Gasteiger partial charge in [-0.05, 0) is 47.2 Å². The minimum absolute atomic E-state index is 0.146. The van der Waals surface area contributed by atoms with Crippen molar-refractivity contribution in [3.63, 3.8) is 0 Å². The van der Waals surface area contributed by atoms with Crippen LogP contribution in [0.4, 0.5) is 14.5 Å². The second-order valence-corrected chi connectivity index (χ2v) is 13.2. The zero-order valence-corrected chi connectivity index (χ0v) is 24.5. The number of halogens is 4. The quantitative estimate of drug-likeness (QED) is 0.343. The van der Waals surface area contributed by atoms with Crippen molar-refractivity contribution in [2.75, 3.05) is 31.5 Å². The molecule has 12 heteroatoms. The summed E-state index contributed by atoms with van der Waals surface area (Å²) >= 11 is 12.3. The Bertz CT molecular complexity index is 1360. The number of carbonyl (C=O) groups is 2. The van der Waals surface area contributed by atoms with Crippen LogP contribution in [0.1, 0.15) is 44.2 Å². The average Bonchev–Trinajstić information content (AvgIpc) is 3.47. The molecule has 6 atom stereocenters. The minimum atomic E-state index is -1.44. The molecule has 5 rings (SSSR count). The van der Waals surface area contributed by atoms with Crippen LogP contribution in [-0.4, -0.2) is 77.4 Å². The van der Waals surface area contributed by atoms with Crippen molar-refractivity contribution >= 4 is 40.7 Å². The fourth-order valence-electron chi connectivity index (χ4n) is 6.62. The molecule has 2 fully saturated rings. The van der Waals surface area contributed by atoms with Gasteiger partial charge in [-0.1, -0.05) is 50.0 Å². The maximum Gasteiger partial charge on any atom is 0.237 e. The molecule has 5 N–H and O–H groups in total. The normalized spacial score (nSPS) is 29.7. The van der Waals surface area contributed by atoms with E-state index in [-0.39, 0.29) is 35.1 Å². The van der Waals surface area contributed by atoms with Gasteiger partial charge in [0, 0.05) is 43.8 Å². The Kier molecular flexibility index (Phi) is 8.12. The molecule has 0 bridgehead atoms. The number of aliphatic hydroxyl groups is 2. The lowest BCUT2D eigenvalue weighted by atomic mass is 9.62. The lowest BCUT2D eigenvalue weighted by Gasteiger charge is -2.37. The van der Waals surface area contributed by atoms with Crippen molar-refractivity contribution in [3.05, 3.63) is 63.1 Å². The number of hydrogen-bond acceptors (Lipinski definition) is 6. The molecule has 3 heterocycles. The SMILES string of the molecule is CC(C)(C)C[C@H]1N[C@@H](C(=O)NCCN2C[C@H](O)[C@@H](O)C2)[C@H](c2ccc(F)c(Cl)c2)[C@@]12C(=O)Nc1cc(Cl)c(F)cc12. The second kappa shape index (κ2) is 11.1. The van der Waals surface area contributed by atoms with Gasteiger partial charge in [0.1, 0.15) is 17.0 Å². The molecular weight excluding hydrogens is 577 g/mol. The number of benzene rings is 2. The molecule has 2 amide bonds. The highest BCUT2D eigenvalue weighted by molar-refractivity contribution is 6.31. The van der Waals surface area contributed by atoms with Gasteiger partial charge in [0.25, 0.3) is 0 Å². The first kappa shape index (κ1) is 30.1. The molecule has 3 aliphatic heterocycles. The molecular formula is C29H34Cl2F2N4O4. The number of fused-ring (bicyclic) bond motifs is 2. The first-order valence-corrected chi connectivity index (χ1v) is 14.4. The van der Waals surface area contributed by atoms with Gasteiger partial charge in [-0.2, -0.15) is 0 Å². The molecule has 222 valence electrons. The fourth-order valence-corrected chi connectivity index (χ4v) is 6.97. The van der Waals surface area contributed by atoms with Crippen LogP contribution in [-0.2, 0) is 15.0 Å². The van der Waals surface area contributed by atoms with Crippen LogP contribution >= 0.6 is 23.2 Å². The third-order valence-electron chi connectivity index (χ3n) is 8.35. The van der Waals surface area contributed by atoms with Gasteiger partial charge < -0.3 is 26.2 Å². The van der Waals surface area contributed by atoms with E-state index in [1.807, 2.05) is 25.7 Å². The Morgan fingerprint density at radius 1 is 1.10 bits per heavy atom. The van der Waals surface area contributed by atoms with Crippen molar-refractivity contribution < 1.29 is 28.6 Å². The Hall–Kier alpha value is -2.34. The standard InChI is InChI=1S/C29H34Cl2F2N4O4/c1-28(2,3)11-23-29(15-9-19(33)17(31)10-20(15)35-27(29)41)24(14-4-5-18(32)16(30)8-14)25(36-23)26(40)34-6-7-37-12-21(38)22(39)13-37/h4-5,8-10,21-25,36,38-39H,6-7,11-13H2,1-3H3,(H,34,40)(H,35,41)/t21-,22-,23+,24-,25+,29-/m0/s1. The third kappa shape index (κ3) is 5.46. The number of carbonyl (C=O) groups excluding carboxylic acids is 2. The van der Waals surface area contributed by atoms with Crippen molar-refractivity contribution in [2.24, 2.45) is 5.41 Å². The van der Waals surface area contributed by atoms with E-state index >= 15 is 0 Å². The van der Waals surface area contributed by atoms with Crippen molar-refractivity contribution in [1.29, 1.82) is 0 Å². The number of nitrogens with zero attached hydrogens (tertiary/aromatic N) is 1. The van der Waals surface area contributed by atoms with E-state index in [9.17, 15) is 28.6 Å². The summed E-state index contributed by atoms with van der Waals surface area (Å²) in [6.45, 7) is 7.22. The fraction of sp³-hybridized carbons (Fsp3) is 0.517. The lowest BCUT2D eigenvalue weighted by molar-refractivity contribution is -0.123. The number of β-amino-alcohol motifs (C(OH)–C–C–N with tert-alkyl or cyclic N) is 2. The summed E-state index contributed by atoms with van der Waals surface area (Å²) in [4.78, 5) is 29.8. The van der Waals surface area contributed by atoms with Gasteiger partial charge in [-0.25, -0.2) is 8.78 Å². The van der Waals surface area contributed by atoms with Crippen LogP contribution in [0.2, 0.25) is 10.0 Å². The van der Waals surface area contributed by atoms with Crippen LogP contribution in [0.25, 0.3) is 0 Å². The molecule has 0 aromatic heterocycles. The van der Waals surface area contributed by atoms with Crippen LogP contribution in [0.15, 0.2) is 30.3 Å². The second-order valence-electron chi connectivity index (χ2n) is 12.4. The number of nitrogens with one attached hydrogen (secondary N) is 3. The van der Waals surface area contributed by atoms with Crippen LogP contribution in [0.3, 0.4) is 0 Å². The number of likely N-dealkylation sites (tertiary alicyclic amines) is 1. The van der Waals surface area contributed by atoms with Crippen LogP contribution in [0, 0.1) is 17.0 Å². The molecule has 2 saturated heterocycles. The predicted molar refractivity (Wildman–Crippen MR) is 152 cm³/mol. The summed E-state index contributed by atoms with van der Waals surface area (Å²) in [5.74, 6) is -3.05. The van der Waals surface area contributed by atoms with Crippen molar-refractivity contribution in [1.82, 2.24) is 15.5 Å². The van der Waals surface area contributed by atoms with E-state index in [1.54, 1.807) is 0 Å². The maximum absolute atomic E-state index is 15.0. The maximum atomic E-state index is 15.0. The summed E-state index contributed by atoms with van der Waals surface area (Å²) in [7, 11) is 0. The van der Waals surface area contributed by atoms with Gasteiger partial charge in [-0.3, -0.25) is 14.5 Å².